The van der Waals surface area contributed by atoms with Gasteiger partial charge in [-0.3, -0.25) is 9.69 Å². The monoisotopic (exact) mass is 287 g/mol. The number of aromatic amines is 1. The number of rotatable bonds is 2. The fraction of sp³-hybridized carbons (Fsp3) is 0.706. The molecule has 3 heterocycles. The van der Waals surface area contributed by atoms with Gasteiger partial charge >= 0.3 is 0 Å². The molecule has 21 heavy (non-hydrogen) atoms. The quantitative estimate of drug-likeness (QED) is 0.874. The Bertz CT molecular complexity index is 567. The molecule has 3 atom stereocenters. The van der Waals surface area contributed by atoms with Gasteiger partial charge in [-0.2, -0.15) is 0 Å². The maximum atomic E-state index is 11.5. The molecule has 1 aromatic heterocycles. The highest BCUT2D eigenvalue weighted by molar-refractivity contribution is 5.26. The molecular formula is C17H25N3O. The second-order valence-corrected chi connectivity index (χ2v) is 6.86. The third-order valence-corrected chi connectivity index (χ3v) is 5.60. The van der Waals surface area contributed by atoms with Crippen molar-refractivity contribution in [1.29, 1.82) is 0 Å². The van der Waals surface area contributed by atoms with Crippen molar-refractivity contribution in [2.24, 2.45) is 0 Å². The molecule has 4 rings (SSSR count). The van der Waals surface area contributed by atoms with E-state index in [1.807, 2.05) is 6.07 Å². The van der Waals surface area contributed by atoms with Crippen molar-refractivity contribution in [2.45, 2.75) is 63.1 Å². The molecular weight excluding hydrogens is 262 g/mol. The first-order valence-corrected chi connectivity index (χ1v) is 8.53. The van der Waals surface area contributed by atoms with Crippen molar-refractivity contribution in [3.05, 3.63) is 33.7 Å². The minimum Gasteiger partial charge on any atom is -0.326 e. The number of hydrogen-bond acceptors (Lipinski definition) is 3. The Morgan fingerprint density at radius 1 is 1.10 bits per heavy atom. The van der Waals surface area contributed by atoms with E-state index < -0.39 is 0 Å². The second kappa shape index (κ2) is 5.58. The Hall–Kier alpha value is -1.13. The summed E-state index contributed by atoms with van der Waals surface area (Å²) in [6, 6.07) is 5.52. The summed E-state index contributed by atoms with van der Waals surface area (Å²) in [4.78, 5) is 17.2. The predicted octanol–water partition coefficient (Wildman–Crippen LogP) is 1.97. The van der Waals surface area contributed by atoms with Gasteiger partial charge in [0.25, 0.3) is 0 Å². The summed E-state index contributed by atoms with van der Waals surface area (Å²) in [5, 5.41) is 3.93. The topological polar surface area (TPSA) is 48.1 Å². The van der Waals surface area contributed by atoms with Gasteiger partial charge in [0.1, 0.15) is 0 Å². The van der Waals surface area contributed by atoms with E-state index in [2.05, 4.69) is 15.2 Å². The molecule has 0 radical (unpaired) electrons. The van der Waals surface area contributed by atoms with Crippen LogP contribution in [-0.4, -0.2) is 35.1 Å². The molecule has 1 aliphatic carbocycles. The van der Waals surface area contributed by atoms with Gasteiger partial charge in [-0.25, -0.2) is 0 Å². The van der Waals surface area contributed by atoms with Gasteiger partial charge in [0, 0.05) is 36.4 Å². The summed E-state index contributed by atoms with van der Waals surface area (Å²) in [5.41, 5.74) is 2.52. The maximum Gasteiger partial charge on any atom is 0.248 e. The molecule has 2 N–H and O–H groups in total. The third kappa shape index (κ3) is 2.55. The maximum absolute atomic E-state index is 11.5. The molecule has 3 unspecified atom stereocenters. The molecule has 3 aliphatic rings. The van der Waals surface area contributed by atoms with E-state index in [0.717, 1.165) is 18.2 Å². The SMILES string of the molecule is O=c1ccc2c([nH]1)CCCC2NC1CCN2CCCCC12. The van der Waals surface area contributed by atoms with E-state index in [0.29, 0.717) is 12.1 Å². The molecule has 0 bridgehead atoms. The largest absolute Gasteiger partial charge is 0.326 e. The minimum atomic E-state index is 0.0359. The fourth-order valence-corrected chi connectivity index (χ4v) is 4.57. The molecule has 0 saturated carbocycles. The van der Waals surface area contributed by atoms with E-state index in [-0.39, 0.29) is 5.56 Å². The van der Waals surface area contributed by atoms with Crippen molar-refractivity contribution in [3.63, 3.8) is 0 Å². The van der Waals surface area contributed by atoms with Crippen LogP contribution in [0.2, 0.25) is 0 Å². The van der Waals surface area contributed by atoms with Crippen molar-refractivity contribution < 1.29 is 0 Å². The van der Waals surface area contributed by atoms with Gasteiger partial charge in [-0.15, -0.1) is 0 Å². The highest BCUT2D eigenvalue weighted by Crippen LogP contribution is 2.32. The predicted molar refractivity (Wildman–Crippen MR) is 83.5 cm³/mol. The lowest BCUT2D eigenvalue weighted by Crippen LogP contribution is -2.46. The molecule has 0 amide bonds. The number of piperidine rings is 1. The summed E-state index contributed by atoms with van der Waals surface area (Å²) in [6.45, 7) is 2.55. The van der Waals surface area contributed by atoms with E-state index in [9.17, 15) is 4.79 Å². The highest BCUT2D eigenvalue weighted by Gasteiger charge is 2.37. The number of nitrogens with zero attached hydrogens (tertiary/aromatic N) is 1. The van der Waals surface area contributed by atoms with Crippen molar-refractivity contribution in [3.8, 4) is 0 Å². The fourth-order valence-electron chi connectivity index (χ4n) is 4.57. The van der Waals surface area contributed by atoms with Gasteiger partial charge < -0.3 is 10.3 Å². The van der Waals surface area contributed by atoms with Gasteiger partial charge in [0.05, 0.1) is 0 Å². The van der Waals surface area contributed by atoms with Crippen LogP contribution < -0.4 is 10.9 Å². The van der Waals surface area contributed by atoms with Crippen LogP contribution in [0.3, 0.4) is 0 Å². The molecule has 114 valence electrons. The summed E-state index contributed by atoms with van der Waals surface area (Å²) in [5.74, 6) is 0. The minimum absolute atomic E-state index is 0.0359. The smallest absolute Gasteiger partial charge is 0.248 e. The lowest BCUT2D eigenvalue weighted by Gasteiger charge is -2.35. The Labute approximate surface area is 125 Å². The zero-order chi connectivity index (χ0) is 14.2. The van der Waals surface area contributed by atoms with Crippen LogP contribution in [0, 0.1) is 0 Å². The van der Waals surface area contributed by atoms with Crippen LogP contribution in [0.5, 0.6) is 0 Å². The Morgan fingerprint density at radius 2 is 2.05 bits per heavy atom. The first-order valence-electron chi connectivity index (χ1n) is 8.53. The Kier molecular flexibility index (Phi) is 3.59. The molecule has 0 spiro atoms. The number of pyridine rings is 1. The van der Waals surface area contributed by atoms with Gasteiger partial charge in [-0.1, -0.05) is 12.5 Å². The van der Waals surface area contributed by atoms with Crippen LogP contribution in [0.15, 0.2) is 16.9 Å². The normalized spacial score (nSPS) is 32.7. The van der Waals surface area contributed by atoms with Crippen LogP contribution >= 0.6 is 0 Å². The number of H-pyrrole nitrogens is 1. The number of hydrogen-bond donors (Lipinski definition) is 2. The number of fused-ring (bicyclic) bond motifs is 2. The van der Waals surface area contributed by atoms with Crippen molar-refractivity contribution >= 4 is 0 Å². The van der Waals surface area contributed by atoms with E-state index >= 15 is 0 Å². The highest BCUT2D eigenvalue weighted by atomic mass is 16.1. The van der Waals surface area contributed by atoms with Crippen molar-refractivity contribution in [1.82, 2.24) is 15.2 Å². The average Bonchev–Trinajstić information content (AvgIpc) is 2.91. The van der Waals surface area contributed by atoms with Crippen LogP contribution in [0.1, 0.15) is 55.8 Å². The van der Waals surface area contributed by atoms with E-state index in [4.69, 9.17) is 0 Å². The molecule has 0 aromatic carbocycles. The molecule has 4 nitrogen and oxygen atoms in total. The molecule has 2 saturated heterocycles. The second-order valence-electron chi connectivity index (χ2n) is 6.86. The average molecular weight is 287 g/mol. The van der Waals surface area contributed by atoms with E-state index in [1.165, 1.54) is 57.2 Å². The van der Waals surface area contributed by atoms with Crippen LogP contribution in [0.25, 0.3) is 0 Å². The van der Waals surface area contributed by atoms with Crippen LogP contribution in [-0.2, 0) is 6.42 Å². The molecule has 2 aliphatic heterocycles. The Morgan fingerprint density at radius 3 is 3.00 bits per heavy atom. The first-order chi connectivity index (χ1) is 10.3. The zero-order valence-electron chi connectivity index (χ0n) is 12.6. The standard InChI is InChI=1S/C17H25N3O/c21-17-8-7-12-13(4-3-5-14(12)19-17)18-15-9-11-20-10-2-1-6-16(15)20/h7-8,13,15-16,18H,1-6,9-11H2,(H,19,21). The van der Waals surface area contributed by atoms with Gasteiger partial charge in [0.15, 0.2) is 0 Å². The third-order valence-electron chi connectivity index (χ3n) is 5.60. The number of nitrogens with one attached hydrogen (secondary N) is 2. The molecule has 2 fully saturated rings. The lowest BCUT2D eigenvalue weighted by atomic mass is 9.89. The summed E-state index contributed by atoms with van der Waals surface area (Å²) < 4.78 is 0. The molecule has 4 heteroatoms. The van der Waals surface area contributed by atoms with E-state index in [1.54, 1.807) is 6.07 Å². The number of aryl methyl sites for hydroxylation is 1. The van der Waals surface area contributed by atoms with Crippen molar-refractivity contribution in [2.75, 3.05) is 13.1 Å². The zero-order valence-corrected chi connectivity index (χ0v) is 12.6. The summed E-state index contributed by atoms with van der Waals surface area (Å²) in [7, 11) is 0. The van der Waals surface area contributed by atoms with Gasteiger partial charge in [-0.05, 0) is 50.6 Å². The van der Waals surface area contributed by atoms with Crippen LogP contribution in [0.4, 0.5) is 0 Å². The summed E-state index contributed by atoms with van der Waals surface area (Å²) >= 11 is 0. The first kappa shape index (κ1) is 13.5. The Balaban J connectivity index is 1.52. The lowest BCUT2D eigenvalue weighted by molar-refractivity contribution is 0.175. The summed E-state index contributed by atoms with van der Waals surface area (Å²) in [6.07, 6.45) is 8.77. The van der Waals surface area contributed by atoms with Gasteiger partial charge in [0.2, 0.25) is 5.56 Å². The molecule has 1 aromatic rings. The number of aromatic nitrogens is 1.